The van der Waals surface area contributed by atoms with Crippen LogP contribution in [-0.4, -0.2) is 34.1 Å². The van der Waals surface area contributed by atoms with Crippen molar-refractivity contribution < 1.29 is 13.2 Å². The first kappa shape index (κ1) is 21.7. The van der Waals surface area contributed by atoms with Gasteiger partial charge in [0.2, 0.25) is 5.95 Å². The number of benzene rings is 2. The molecule has 170 valence electrons. The molecule has 0 atom stereocenters. The van der Waals surface area contributed by atoms with Gasteiger partial charge >= 0.3 is 0 Å². The highest BCUT2D eigenvalue weighted by Crippen LogP contribution is 2.31. The molecule has 0 fully saturated rings. The van der Waals surface area contributed by atoms with Crippen molar-refractivity contribution in [3.63, 3.8) is 0 Å². The van der Waals surface area contributed by atoms with E-state index in [-0.39, 0.29) is 16.8 Å². The van der Waals surface area contributed by atoms with E-state index in [0.29, 0.717) is 10.6 Å². The van der Waals surface area contributed by atoms with Gasteiger partial charge in [0.1, 0.15) is 4.83 Å². The first-order chi connectivity index (χ1) is 16.4. The summed E-state index contributed by atoms with van der Waals surface area (Å²) < 4.78 is 29.2. The summed E-state index contributed by atoms with van der Waals surface area (Å²) in [7, 11) is -3.85. The predicted octanol–water partition coefficient (Wildman–Crippen LogP) is 4.24. The Balaban J connectivity index is 1.35. The molecule has 0 aliphatic heterocycles. The number of anilines is 2. The SMILES string of the molecule is Cc1nn(-c2ccccc2)c2sc(C(=O)Nc3ccc(S(=O)(=O)Nc4ncccn4)cc3)cc12. The minimum absolute atomic E-state index is 0.0194. The smallest absolute Gasteiger partial charge is 0.265 e. The van der Waals surface area contributed by atoms with Gasteiger partial charge in [-0.1, -0.05) is 18.2 Å². The molecule has 5 rings (SSSR count). The molecule has 0 saturated heterocycles. The van der Waals surface area contributed by atoms with E-state index in [1.165, 1.54) is 48.0 Å². The van der Waals surface area contributed by atoms with Crippen LogP contribution in [0, 0.1) is 6.92 Å². The number of carbonyl (C=O) groups excluding carboxylic acids is 1. The average molecular weight is 491 g/mol. The van der Waals surface area contributed by atoms with E-state index in [0.717, 1.165) is 21.6 Å². The van der Waals surface area contributed by atoms with E-state index in [9.17, 15) is 13.2 Å². The Kier molecular flexibility index (Phi) is 5.56. The third-order valence-corrected chi connectivity index (χ3v) is 7.44. The van der Waals surface area contributed by atoms with Gasteiger partial charge in [-0.25, -0.2) is 27.8 Å². The summed E-state index contributed by atoms with van der Waals surface area (Å²) in [6.45, 7) is 1.91. The van der Waals surface area contributed by atoms with Crippen LogP contribution in [0.25, 0.3) is 15.9 Å². The second kappa shape index (κ2) is 8.69. The minimum atomic E-state index is -3.85. The van der Waals surface area contributed by atoms with Crippen molar-refractivity contribution in [3.05, 3.63) is 89.7 Å². The van der Waals surface area contributed by atoms with Crippen molar-refractivity contribution in [3.8, 4) is 5.69 Å². The number of fused-ring (bicyclic) bond motifs is 1. The lowest BCUT2D eigenvalue weighted by atomic mass is 10.3. The van der Waals surface area contributed by atoms with Crippen LogP contribution in [0.3, 0.4) is 0 Å². The molecular formula is C23H18N6O3S2. The molecule has 0 aliphatic carbocycles. The lowest BCUT2D eigenvalue weighted by Gasteiger charge is -2.08. The van der Waals surface area contributed by atoms with Gasteiger partial charge in [0.25, 0.3) is 15.9 Å². The van der Waals surface area contributed by atoms with Crippen molar-refractivity contribution in [1.82, 2.24) is 19.7 Å². The first-order valence-corrected chi connectivity index (χ1v) is 12.5. The van der Waals surface area contributed by atoms with Crippen LogP contribution in [0.1, 0.15) is 15.4 Å². The maximum absolute atomic E-state index is 12.9. The maximum Gasteiger partial charge on any atom is 0.265 e. The zero-order chi connectivity index (χ0) is 23.7. The third kappa shape index (κ3) is 4.26. The molecule has 3 aromatic heterocycles. The number of hydrogen-bond acceptors (Lipinski definition) is 7. The molecule has 11 heteroatoms. The molecule has 0 bridgehead atoms. The molecule has 0 unspecified atom stereocenters. The summed E-state index contributed by atoms with van der Waals surface area (Å²) in [5.41, 5.74) is 2.22. The number of rotatable bonds is 6. The second-order valence-corrected chi connectivity index (χ2v) is 10.0. The van der Waals surface area contributed by atoms with Crippen LogP contribution in [-0.2, 0) is 10.0 Å². The van der Waals surface area contributed by atoms with E-state index < -0.39 is 10.0 Å². The lowest BCUT2D eigenvalue weighted by molar-refractivity contribution is 0.103. The van der Waals surface area contributed by atoms with Crippen LogP contribution in [0.5, 0.6) is 0 Å². The first-order valence-electron chi connectivity index (χ1n) is 10.2. The third-order valence-electron chi connectivity index (χ3n) is 4.98. The van der Waals surface area contributed by atoms with Crippen LogP contribution in [0.15, 0.2) is 84.0 Å². The van der Waals surface area contributed by atoms with Crippen LogP contribution >= 0.6 is 11.3 Å². The number of carbonyl (C=O) groups is 1. The van der Waals surface area contributed by atoms with Gasteiger partial charge in [0.05, 0.1) is 21.2 Å². The molecule has 0 saturated carbocycles. The van der Waals surface area contributed by atoms with E-state index in [4.69, 9.17) is 0 Å². The summed E-state index contributed by atoms with van der Waals surface area (Å²) in [4.78, 5) is 22.0. The Morgan fingerprint density at radius 2 is 1.68 bits per heavy atom. The number of amides is 1. The average Bonchev–Trinajstić information content (AvgIpc) is 3.41. The molecule has 0 aliphatic rings. The Morgan fingerprint density at radius 1 is 0.971 bits per heavy atom. The topological polar surface area (TPSA) is 119 Å². The fourth-order valence-electron chi connectivity index (χ4n) is 3.34. The van der Waals surface area contributed by atoms with Gasteiger partial charge in [0, 0.05) is 23.5 Å². The molecule has 0 radical (unpaired) electrons. The molecule has 2 N–H and O–H groups in total. The fraction of sp³-hybridized carbons (Fsp3) is 0.0435. The van der Waals surface area contributed by atoms with Gasteiger partial charge < -0.3 is 5.32 Å². The van der Waals surface area contributed by atoms with Gasteiger partial charge in [-0.15, -0.1) is 11.3 Å². The normalized spacial score (nSPS) is 11.4. The lowest BCUT2D eigenvalue weighted by Crippen LogP contribution is -2.15. The molecular weight excluding hydrogens is 472 g/mol. The molecule has 1 amide bonds. The Labute approximate surface area is 199 Å². The highest BCUT2D eigenvalue weighted by Gasteiger charge is 2.18. The zero-order valence-electron chi connectivity index (χ0n) is 17.8. The quantitative estimate of drug-likeness (QED) is 0.368. The van der Waals surface area contributed by atoms with Gasteiger partial charge in [-0.05, 0) is 55.5 Å². The Bertz CT molecular complexity index is 1580. The van der Waals surface area contributed by atoms with Crippen LogP contribution < -0.4 is 10.0 Å². The highest BCUT2D eigenvalue weighted by atomic mass is 32.2. The van der Waals surface area contributed by atoms with Crippen LogP contribution in [0.2, 0.25) is 0 Å². The predicted molar refractivity (Wildman–Crippen MR) is 131 cm³/mol. The minimum Gasteiger partial charge on any atom is -0.321 e. The maximum atomic E-state index is 12.9. The Morgan fingerprint density at radius 3 is 2.38 bits per heavy atom. The zero-order valence-corrected chi connectivity index (χ0v) is 19.5. The molecule has 5 aromatic rings. The number of thiophene rings is 1. The largest absolute Gasteiger partial charge is 0.321 e. The molecule has 3 heterocycles. The number of aryl methyl sites for hydroxylation is 1. The summed E-state index contributed by atoms with van der Waals surface area (Å²) in [6.07, 6.45) is 2.88. The Hall–Kier alpha value is -4.09. The number of nitrogens with zero attached hydrogens (tertiary/aromatic N) is 4. The number of nitrogens with one attached hydrogen (secondary N) is 2. The second-order valence-electron chi connectivity index (χ2n) is 7.32. The summed E-state index contributed by atoms with van der Waals surface area (Å²) >= 11 is 1.34. The van der Waals surface area contributed by atoms with E-state index in [2.05, 4.69) is 25.1 Å². The number of para-hydroxylation sites is 1. The summed E-state index contributed by atoms with van der Waals surface area (Å²) in [6, 6.07) is 19.0. The monoisotopic (exact) mass is 490 g/mol. The standard InChI is InChI=1S/C23H18N6O3S2/c1-15-19-14-20(33-22(19)29(27-15)17-6-3-2-4-7-17)21(30)26-16-8-10-18(11-9-16)34(31,32)28-23-24-12-5-13-25-23/h2-14H,1H3,(H,26,30)(H,24,25,28). The van der Waals surface area contributed by atoms with Gasteiger partial charge in [-0.3, -0.25) is 4.79 Å². The van der Waals surface area contributed by atoms with Gasteiger partial charge in [-0.2, -0.15) is 5.10 Å². The van der Waals surface area contributed by atoms with Crippen molar-refractivity contribution in [2.24, 2.45) is 0 Å². The highest BCUT2D eigenvalue weighted by molar-refractivity contribution is 7.92. The summed E-state index contributed by atoms with van der Waals surface area (Å²) in [5, 5.41) is 8.32. The van der Waals surface area contributed by atoms with Crippen molar-refractivity contribution in [1.29, 1.82) is 0 Å². The van der Waals surface area contributed by atoms with Crippen molar-refractivity contribution >= 4 is 49.1 Å². The van der Waals surface area contributed by atoms with E-state index >= 15 is 0 Å². The molecule has 0 spiro atoms. The fourth-order valence-corrected chi connectivity index (χ4v) is 5.38. The number of aromatic nitrogens is 4. The van der Waals surface area contributed by atoms with Crippen LogP contribution in [0.4, 0.5) is 11.6 Å². The molecule has 9 nitrogen and oxygen atoms in total. The molecule has 2 aromatic carbocycles. The van der Waals surface area contributed by atoms with E-state index in [1.807, 2.05) is 48.0 Å². The van der Waals surface area contributed by atoms with Crippen molar-refractivity contribution in [2.75, 3.05) is 10.0 Å². The van der Waals surface area contributed by atoms with E-state index in [1.54, 1.807) is 6.07 Å². The molecule has 34 heavy (non-hydrogen) atoms. The van der Waals surface area contributed by atoms with Crippen molar-refractivity contribution in [2.45, 2.75) is 11.8 Å². The number of hydrogen-bond donors (Lipinski definition) is 2. The number of sulfonamides is 1. The summed E-state index contributed by atoms with van der Waals surface area (Å²) in [5.74, 6) is -0.305. The van der Waals surface area contributed by atoms with Gasteiger partial charge in [0.15, 0.2) is 0 Å².